The maximum atomic E-state index is 11.2. The molecule has 0 saturated carbocycles. The van der Waals surface area contributed by atoms with Gasteiger partial charge < -0.3 is 15.5 Å². The fourth-order valence-corrected chi connectivity index (χ4v) is 2.29. The van der Waals surface area contributed by atoms with Crippen LogP contribution in [0.25, 0.3) is 10.8 Å². The van der Waals surface area contributed by atoms with Gasteiger partial charge in [-0.2, -0.15) is 0 Å². The van der Waals surface area contributed by atoms with E-state index in [2.05, 4.69) is 5.32 Å². The highest BCUT2D eigenvalue weighted by Gasteiger charge is 2.26. The molecular formula is C16H17NO4. The number of carbonyl (C=O) groups is 2. The lowest BCUT2D eigenvalue weighted by molar-refractivity contribution is -0.148. The quantitative estimate of drug-likeness (QED) is 0.774. The first-order valence-corrected chi connectivity index (χ1v) is 6.63. The van der Waals surface area contributed by atoms with Crippen molar-refractivity contribution < 1.29 is 19.8 Å². The number of aliphatic carboxylic acids is 1. The van der Waals surface area contributed by atoms with Crippen LogP contribution in [-0.4, -0.2) is 34.2 Å². The summed E-state index contributed by atoms with van der Waals surface area (Å²) in [4.78, 5) is 22.1. The number of aliphatic hydroxyl groups is 1. The Morgan fingerprint density at radius 1 is 1.14 bits per heavy atom. The van der Waals surface area contributed by atoms with Gasteiger partial charge in [0.2, 0.25) is 5.91 Å². The van der Waals surface area contributed by atoms with E-state index in [4.69, 9.17) is 5.11 Å². The van der Waals surface area contributed by atoms with Crippen LogP contribution in [0.4, 0.5) is 0 Å². The number of aliphatic hydroxyl groups excluding tert-OH is 1. The molecule has 2 aromatic carbocycles. The van der Waals surface area contributed by atoms with Gasteiger partial charge in [-0.25, -0.2) is 4.79 Å². The van der Waals surface area contributed by atoms with Gasteiger partial charge in [-0.15, -0.1) is 0 Å². The second kappa shape index (κ2) is 6.37. The van der Waals surface area contributed by atoms with Crippen molar-refractivity contribution in [1.82, 2.24) is 5.32 Å². The number of carboxylic acids is 1. The fraction of sp³-hybridized carbons (Fsp3) is 0.250. The highest BCUT2D eigenvalue weighted by Crippen LogP contribution is 2.17. The molecule has 0 radical (unpaired) electrons. The van der Waals surface area contributed by atoms with Crippen LogP contribution in [0.1, 0.15) is 12.5 Å². The van der Waals surface area contributed by atoms with E-state index in [9.17, 15) is 14.7 Å². The Morgan fingerprint density at radius 2 is 1.81 bits per heavy atom. The van der Waals surface area contributed by atoms with Gasteiger partial charge in [0.25, 0.3) is 0 Å². The fourth-order valence-electron chi connectivity index (χ4n) is 2.29. The van der Waals surface area contributed by atoms with Gasteiger partial charge in [-0.3, -0.25) is 4.79 Å². The molecule has 0 heterocycles. The smallest absolute Gasteiger partial charge is 0.334 e. The summed E-state index contributed by atoms with van der Waals surface area (Å²) in [6.07, 6.45) is -1.39. The first-order chi connectivity index (χ1) is 9.97. The van der Waals surface area contributed by atoms with Gasteiger partial charge in [0.15, 0.2) is 6.10 Å². The van der Waals surface area contributed by atoms with Gasteiger partial charge in [0.05, 0.1) is 6.04 Å². The van der Waals surface area contributed by atoms with Crippen LogP contribution < -0.4 is 5.32 Å². The van der Waals surface area contributed by atoms with E-state index in [0.29, 0.717) is 0 Å². The predicted octanol–water partition coefficient (Wildman–Crippen LogP) is 1.33. The summed E-state index contributed by atoms with van der Waals surface area (Å²) < 4.78 is 0. The predicted molar refractivity (Wildman–Crippen MR) is 78.9 cm³/mol. The topological polar surface area (TPSA) is 86.6 Å². The Labute approximate surface area is 122 Å². The van der Waals surface area contributed by atoms with Crippen molar-refractivity contribution in [2.45, 2.75) is 25.5 Å². The van der Waals surface area contributed by atoms with Crippen molar-refractivity contribution in [3.8, 4) is 0 Å². The lowest BCUT2D eigenvalue weighted by Crippen LogP contribution is -2.47. The van der Waals surface area contributed by atoms with Gasteiger partial charge >= 0.3 is 5.97 Å². The second-order valence-electron chi connectivity index (χ2n) is 4.98. The number of carbonyl (C=O) groups excluding carboxylic acids is 1. The van der Waals surface area contributed by atoms with Crippen LogP contribution in [0.3, 0.4) is 0 Å². The minimum atomic E-state index is -1.64. The average molecular weight is 287 g/mol. The first kappa shape index (κ1) is 15.0. The number of benzene rings is 2. The third-order valence-electron chi connectivity index (χ3n) is 3.29. The van der Waals surface area contributed by atoms with Crippen molar-refractivity contribution in [1.29, 1.82) is 0 Å². The Balaban J connectivity index is 2.24. The van der Waals surface area contributed by atoms with E-state index in [1.165, 1.54) is 6.92 Å². The lowest BCUT2D eigenvalue weighted by Gasteiger charge is -2.21. The molecule has 3 N–H and O–H groups in total. The summed E-state index contributed by atoms with van der Waals surface area (Å²) in [6, 6.07) is 12.7. The van der Waals surface area contributed by atoms with Gasteiger partial charge in [0, 0.05) is 6.92 Å². The van der Waals surface area contributed by atoms with Crippen LogP contribution in [0.5, 0.6) is 0 Å². The molecule has 0 aliphatic carbocycles. The summed E-state index contributed by atoms with van der Waals surface area (Å²) in [6.45, 7) is 1.29. The van der Waals surface area contributed by atoms with E-state index in [1.54, 1.807) is 0 Å². The number of fused-ring (bicyclic) bond motifs is 1. The molecule has 0 spiro atoms. The molecule has 0 aromatic heterocycles. The summed E-state index contributed by atoms with van der Waals surface area (Å²) in [5.74, 6) is -1.73. The standard InChI is InChI=1S/C16H17NO4/c1-10(18)17-14(15(19)16(20)21)9-11-6-7-12-4-2-3-5-13(12)8-11/h2-8,14-15,19H,9H2,1H3,(H,17,18)(H,20,21). The van der Waals surface area contributed by atoms with E-state index >= 15 is 0 Å². The molecule has 1 amide bonds. The second-order valence-corrected chi connectivity index (χ2v) is 4.98. The number of rotatable bonds is 5. The monoisotopic (exact) mass is 287 g/mol. The summed E-state index contributed by atoms with van der Waals surface area (Å²) in [7, 11) is 0. The lowest BCUT2D eigenvalue weighted by atomic mass is 9.98. The van der Waals surface area contributed by atoms with Crippen LogP contribution in [0, 0.1) is 0 Å². The molecule has 5 heteroatoms. The van der Waals surface area contributed by atoms with E-state index in [1.807, 2.05) is 42.5 Å². The van der Waals surface area contributed by atoms with E-state index < -0.39 is 18.1 Å². The minimum Gasteiger partial charge on any atom is -0.479 e. The highest BCUT2D eigenvalue weighted by molar-refractivity contribution is 5.83. The molecule has 0 aliphatic rings. The normalized spacial score (nSPS) is 13.6. The Hall–Kier alpha value is -2.40. The third-order valence-corrected chi connectivity index (χ3v) is 3.29. The summed E-state index contributed by atoms with van der Waals surface area (Å²) in [5, 5.41) is 23.2. The summed E-state index contributed by atoms with van der Waals surface area (Å²) in [5.41, 5.74) is 0.854. The molecule has 21 heavy (non-hydrogen) atoms. The Morgan fingerprint density at radius 3 is 2.43 bits per heavy atom. The number of hydrogen-bond donors (Lipinski definition) is 3. The van der Waals surface area contributed by atoms with Crippen molar-refractivity contribution in [2.75, 3.05) is 0 Å². The molecule has 0 aliphatic heterocycles. The summed E-state index contributed by atoms with van der Waals surface area (Å²) >= 11 is 0. The van der Waals surface area contributed by atoms with Crippen LogP contribution in [-0.2, 0) is 16.0 Å². The van der Waals surface area contributed by atoms with Gasteiger partial charge in [-0.1, -0.05) is 42.5 Å². The maximum Gasteiger partial charge on any atom is 0.334 e. The van der Waals surface area contributed by atoms with Crippen LogP contribution in [0.15, 0.2) is 42.5 Å². The van der Waals surface area contributed by atoms with Gasteiger partial charge in [0.1, 0.15) is 0 Å². The zero-order chi connectivity index (χ0) is 15.4. The molecule has 2 atom stereocenters. The Bertz CT molecular complexity index is 668. The van der Waals surface area contributed by atoms with Crippen LogP contribution in [0.2, 0.25) is 0 Å². The zero-order valence-electron chi connectivity index (χ0n) is 11.6. The number of nitrogens with one attached hydrogen (secondary N) is 1. The zero-order valence-corrected chi connectivity index (χ0v) is 11.6. The van der Waals surface area contributed by atoms with Crippen molar-refractivity contribution >= 4 is 22.6 Å². The molecule has 0 saturated heterocycles. The highest BCUT2D eigenvalue weighted by atomic mass is 16.4. The largest absolute Gasteiger partial charge is 0.479 e. The molecule has 0 bridgehead atoms. The van der Waals surface area contributed by atoms with Crippen molar-refractivity contribution in [3.05, 3.63) is 48.0 Å². The third kappa shape index (κ3) is 3.79. The molecule has 0 fully saturated rings. The number of amides is 1. The molecule has 2 unspecified atom stereocenters. The van der Waals surface area contributed by atoms with Gasteiger partial charge in [-0.05, 0) is 22.8 Å². The number of carboxylic acid groups (broad SMARTS) is 1. The van der Waals surface area contributed by atoms with Crippen LogP contribution >= 0.6 is 0 Å². The molecular weight excluding hydrogens is 270 g/mol. The van der Waals surface area contributed by atoms with Crippen molar-refractivity contribution in [3.63, 3.8) is 0 Å². The Kier molecular flexibility index (Phi) is 4.55. The maximum absolute atomic E-state index is 11.2. The molecule has 110 valence electrons. The molecule has 2 aromatic rings. The molecule has 5 nitrogen and oxygen atoms in total. The average Bonchev–Trinajstić information content (AvgIpc) is 2.45. The first-order valence-electron chi connectivity index (χ1n) is 6.63. The SMILES string of the molecule is CC(=O)NC(Cc1ccc2ccccc2c1)C(O)C(=O)O. The minimum absolute atomic E-state index is 0.248. The van der Waals surface area contributed by atoms with Crippen molar-refractivity contribution in [2.24, 2.45) is 0 Å². The van der Waals surface area contributed by atoms with E-state index in [0.717, 1.165) is 16.3 Å². The van der Waals surface area contributed by atoms with E-state index in [-0.39, 0.29) is 12.3 Å². The molecule has 2 rings (SSSR count). The number of hydrogen-bond acceptors (Lipinski definition) is 3.